The van der Waals surface area contributed by atoms with Crippen molar-refractivity contribution in [3.8, 4) is 0 Å². The minimum atomic E-state index is 0.557. The van der Waals surface area contributed by atoms with E-state index in [1.807, 2.05) is 11.8 Å². The van der Waals surface area contributed by atoms with Crippen LogP contribution >= 0.6 is 24.4 Å². The van der Waals surface area contributed by atoms with Gasteiger partial charge >= 0.3 is 0 Å². The van der Waals surface area contributed by atoms with Crippen molar-refractivity contribution in [3.05, 3.63) is 0 Å². The van der Waals surface area contributed by atoms with Crippen molar-refractivity contribution in [2.24, 2.45) is 11.8 Å². The van der Waals surface area contributed by atoms with Gasteiger partial charge in [0.1, 0.15) is 0 Å². The summed E-state index contributed by atoms with van der Waals surface area (Å²) < 4.78 is 0.557. The Bertz CT molecular complexity index is 123. The summed E-state index contributed by atoms with van der Waals surface area (Å²) in [5.41, 5.74) is 0. The van der Waals surface area contributed by atoms with Gasteiger partial charge in [0.05, 0.1) is 0 Å². The van der Waals surface area contributed by atoms with Crippen LogP contribution in [0.4, 0.5) is 0 Å². The lowest BCUT2D eigenvalue weighted by Crippen LogP contribution is -2.00. The Hall–Kier alpha value is 0.700. The molecule has 2 unspecified atom stereocenters. The number of thiol groups is 1. The SMILES string of the molecule is CCC(C)CCSC(S)CCC(C)C. The summed E-state index contributed by atoms with van der Waals surface area (Å²) in [6, 6.07) is 0. The molecule has 0 aliphatic heterocycles. The van der Waals surface area contributed by atoms with Crippen molar-refractivity contribution in [2.75, 3.05) is 5.75 Å². The van der Waals surface area contributed by atoms with E-state index in [9.17, 15) is 0 Å². The zero-order valence-corrected chi connectivity index (χ0v) is 11.8. The number of hydrogen-bond donors (Lipinski definition) is 1. The molecular formula is C12H26S2. The molecule has 0 aliphatic carbocycles. The summed E-state index contributed by atoms with van der Waals surface area (Å²) in [6.07, 6.45) is 5.22. The van der Waals surface area contributed by atoms with Gasteiger partial charge in [0.15, 0.2) is 0 Å². The number of rotatable bonds is 8. The molecule has 86 valence electrons. The first kappa shape index (κ1) is 14.7. The molecule has 0 bridgehead atoms. The Kier molecular flexibility index (Phi) is 9.41. The third-order valence-corrected chi connectivity index (χ3v) is 4.41. The average Bonchev–Trinajstić information content (AvgIpc) is 2.14. The number of thioether (sulfide) groups is 1. The quantitative estimate of drug-likeness (QED) is 0.463. The first-order valence-electron chi connectivity index (χ1n) is 5.85. The molecule has 0 saturated carbocycles. The Labute approximate surface area is 100 Å². The van der Waals surface area contributed by atoms with Crippen molar-refractivity contribution in [1.29, 1.82) is 0 Å². The molecule has 0 aromatic carbocycles. The predicted molar refractivity (Wildman–Crippen MR) is 73.4 cm³/mol. The molecule has 0 heterocycles. The average molecular weight is 234 g/mol. The lowest BCUT2D eigenvalue weighted by Gasteiger charge is -2.13. The fourth-order valence-electron chi connectivity index (χ4n) is 1.17. The predicted octanol–water partition coefficient (Wildman–Crippen LogP) is 4.85. The van der Waals surface area contributed by atoms with E-state index in [0.717, 1.165) is 11.8 Å². The van der Waals surface area contributed by atoms with Gasteiger partial charge in [-0.3, -0.25) is 0 Å². The molecule has 0 rings (SSSR count). The molecule has 0 N–H and O–H groups in total. The Balaban J connectivity index is 3.30. The zero-order valence-electron chi connectivity index (χ0n) is 10.1. The van der Waals surface area contributed by atoms with Crippen LogP contribution < -0.4 is 0 Å². The molecule has 2 atom stereocenters. The second-order valence-corrected chi connectivity index (χ2v) is 6.88. The van der Waals surface area contributed by atoms with Gasteiger partial charge in [0.2, 0.25) is 0 Å². The second-order valence-electron chi connectivity index (χ2n) is 4.60. The van der Waals surface area contributed by atoms with E-state index < -0.39 is 0 Å². The van der Waals surface area contributed by atoms with Crippen LogP contribution in [-0.4, -0.2) is 10.3 Å². The Morgan fingerprint density at radius 3 is 2.21 bits per heavy atom. The van der Waals surface area contributed by atoms with Crippen LogP contribution in [0.3, 0.4) is 0 Å². The van der Waals surface area contributed by atoms with Gasteiger partial charge in [0, 0.05) is 4.58 Å². The number of hydrogen-bond acceptors (Lipinski definition) is 2. The maximum Gasteiger partial charge on any atom is 0.0472 e. The molecule has 0 radical (unpaired) electrons. The van der Waals surface area contributed by atoms with E-state index in [-0.39, 0.29) is 0 Å². The van der Waals surface area contributed by atoms with E-state index in [4.69, 9.17) is 0 Å². The van der Waals surface area contributed by atoms with E-state index in [1.165, 1.54) is 31.4 Å². The van der Waals surface area contributed by atoms with Gasteiger partial charge < -0.3 is 0 Å². The van der Waals surface area contributed by atoms with Crippen LogP contribution in [-0.2, 0) is 0 Å². The van der Waals surface area contributed by atoms with Crippen LogP contribution in [0.25, 0.3) is 0 Å². The standard InChI is InChI=1S/C12H26S2/c1-5-11(4)8-9-14-12(13)7-6-10(2)3/h10-13H,5-9H2,1-4H3. The first-order valence-corrected chi connectivity index (χ1v) is 7.42. The molecule has 0 aliphatic rings. The van der Waals surface area contributed by atoms with E-state index in [1.54, 1.807) is 0 Å². The molecule has 0 aromatic rings. The highest BCUT2D eigenvalue weighted by Gasteiger charge is 2.06. The molecule has 14 heavy (non-hydrogen) atoms. The molecule has 2 heteroatoms. The first-order chi connectivity index (χ1) is 6.56. The lowest BCUT2D eigenvalue weighted by molar-refractivity contribution is 0.547. The van der Waals surface area contributed by atoms with Crippen LogP contribution in [0.15, 0.2) is 0 Å². The molecular weight excluding hydrogens is 208 g/mol. The van der Waals surface area contributed by atoms with Gasteiger partial charge in [-0.1, -0.05) is 34.1 Å². The zero-order chi connectivity index (χ0) is 11.0. The molecule has 0 fully saturated rings. The van der Waals surface area contributed by atoms with Crippen molar-refractivity contribution in [2.45, 2.75) is 58.0 Å². The molecule has 0 nitrogen and oxygen atoms in total. The topological polar surface area (TPSA) is 0 Å². The smallest absolute Gasteiger partial charge is 0.0472 e. The highest BCUT2D eigenvalue weighted by molar-refractivity contribution is 8.10. The summed E-state index contributed by atoms with van der Waals surface area (Å²) in [5.74, 6) is 2.98. The third kappa shape index (κ3) is 9.26. The maximum atomic E-state index is 4.60. The fraction of sp³-hybridized carbons (Fsp3) is 1.00. The van der Waals surface area contributed by atoms with Crippen molar-refractivity contribution < 1.29 is 0 Å². The van der Waals surface area contributed by atoms with E-state index in [0.29, 0.717) is 4.58 Å². The van der Waals surface area contributed by atoms with Crippen LogP contribution in [0.1, 0.15) is 53.4 Å². The molecule has 0 spiro atoms. The summed E-state index contributed by atoms with van der Waals surface area (Å²) in [7, 11) is 0. The fourth-order valence-corrected chi connectivity index (χ4v) is 2.75. The Morgan fingerprint density at radius 1 is 1.07 bits per heavy atom. The van der Waals surface area contributed by atoms with Gasteiger partial charge in [-0.15, -0.1) is 11.8 Å². The summed E-state index contributed by atoms with van der Waals surface area (Å²) >= 11 is 6.63. The maximum absolute atomic E-state index is 4.60. The van der Waals surface area contributed by atoms with Crippen LogP contribution in [0.5, 0.6) is 0 Å². The van der Waals surface area contributed by atoms with E-state index >= 15 is 0 Å². The molecule has 0 aromatic heterocycles. The molecule has 0 saturated heterocycles. The highest BCUT2D eigenvalue weighted by atomic mass is 32.2. The van der Waals surface area contributed by atoms with E-state index in [2.05, 4.69) is 40.3 Å². The summed E-state index contributed by atoms with van der Waals surface area (Å²) in [5, 5.41) is 0. The normalized spacial score (nSPS) is 15.9. The van der Waals surface area contributed by atoms with Gasteiger partial charge in [-0.05, 0) is 36.9 Å². The van der Waals surface area contributed by atoms with Gasteiger partial charge in [-0.2, -0.15) is 12.6 Å². The minimum Gasteiger partial charge on any atom is -0.165 e. The Morgan fingerprint density at radius 2 is 1.71 bits per heavy atom. The lowest BCUT2D eigenvalue weighted by atomic mass is 10.1. The second kappa shape index (κ2) is 8.96. The highest BCUT2D eigenvalue weighted by Crippen LogP contribution is 2.24. The molecule has 0 amide bonds. The van der Waals surface area contributed by atoms with Crippen molar-refractivity contribution >= 4 is 24.4 Å². The summed E-state index contributed by atoms with van der Waals surface area (Å²) in [6.45, 7) is 9.17. The monoisotopic (exact) mass is 234 g/mol. The van der Waals surface area contributed by atoms with Gasteiger partial charge in [-0.25, -0.2) is 0 Å². The van der Waals surface area contributed by atoms with Crippen molar-refractivity contribution in [1.82, 2.24) is 0 Å². The summed E-state index contributed by atoms with van der Waals surface area (Å²) in [4.78, 5) is 0. The largest absolute Gasteiger partial charge is 0.165 e. The third-order valence-electron chi connectivity index (χ3n) is 2.61. The van der Waals surface area contributed by atoms with Crippen LogP contribution in [0.2, 0.25) is 0 Å². The van der Waals surface area contributed by atoms with Gasteiger partial charge in [0.25, 0.3) is 0 Å². The van der Waals surface area contributed by atoms with Crippen molar-refractivity contribution in [3.63, 3.8) is 0 Å². The minimum absolute atomic E-state index is 0.557. The van der Waals surface area contributed by atoms with Crippen LogP contribution in [0, 0.1) is 11.8 Å².